The number of hydrogen-bond acceptors (Lipinski definition) is 4. The molecule has 2 aromatic carbocycles. The summed E-state index contributed by atoms with van der Waals surface area (Å²) in [5.74, 6) is -1.38. The van der Waals surface area contributed by atoms with Gasteiger partial charge in [-0.2, -0.15) is 0 Å². The van der Waals surface area contributed by atoms with Crippen molar-refractivity contribution in [3.63, 3.8) is 0 Å². The fourth-order valence-corrected chi connectivity index (χ4v) is 1.77. The minimum Gasteiger partial charge on any atom is -0.242 e. The Labute approximate surface area is 103 Å². The van der Waals surface area contributed by atoms with E-state index < -0.39 is 11.9 Å². The van der Waals surface area contributed by atoms with Gasteiger partial charge in [0.25, 0.3) is 0 Å². The number of carbonyl (C=O) groups is 2. The molecule has 0 aromatic heterocycles. The molecule has 0 aliphatic carbocycles. The Hall–Kier alpha value is -2.62. The number of carbonyl (C=O) groups excluding carboxylic acids is 2. The molecule has 2 aromatic rings. The second-order valence-electron chi connectivity index (χ2n) is 3.90. The summed E-state index contributed by atoms with van der Waals surface area (Å²) in [6, 6.07) is 13.8. The maximum Gasteiger partial charge on any atom is 0.386 e. The molecular weight excluding hydrogens is 232 g/mol. The van der Waals surface area contributed by atoms with Gasteiger partial charge in [-0.3, -0.25) is 0 Å². The van der Waals surface area contributed by atoms with Gasteiger partial charge in [0, 0.05) is 0 Å². The molecule has 0 radical (unpaired) electrons. The first-order valence-corrected chi connectivity index (χ1v) is 5.38. The van der Waals surface area contributed by atoms with Crippen LogP contribution in [0, 0.1) is 0 Å². The Morgan fingerprint density at radius 2 is 0.778 bits per heavy atom. The van der Waals surface area contributed by atoms with Gasteiger partial charge in [0.1, 0.15) is 0 Å². The maximum atomic E-state index is 11.5. The van der Waals surface area contributed by atoms with E-state index in [1.807, 2.05) is 24.3 Å². The highest BCUT2D eigenvalue weighted by atomic mass is 17.2. The van der Waals surface area contributed by atoms with Crippen LogP contribution >= 0.6 is 0 Å². The summed E-state index contributed by atoms with van der Waals surface area (Å²) in [5, 5.41) is 0. The van der Waals surface area contributed by atoms with Gasteiger partial charge in [-0.15, -0.1) is 0 Å². The third-order valence-corrected chi connectivity index (χ3v) is 2.77. The zero-order valence-corrected chi connectivity index (χ0v) is 9.25. The van der Waals surface area contributed by atoms with Gasteiger partial charge in [-0.05, 0) is 35.4 Å². The van der Waals surface area contributed by atoms with Crippen LogP contribution in [0.3, 0.4) is 0 Å². The topological polar surface area (TPSA) is 52.6 Å². The summed E-state index contributed by atoms with van der Waals surface area (Å²) in [7, 11) is 0. The quantitative estimate of drug-likeness (QED) is 0.664. The molecule has 4 aliphatic heterocycles. The predicted octanol–water partition coefficient (Wildman–Crippen LogP) is 2.60. The lowest BCUT2D eigenvalue weighted by Gasteiger charge is -2.08. The minimum atomic E-state index is -0.690. The highest BCUT2D eigenvalue weighted by Crippen LogP contribution is 2.22. The van der Waals surface area contributed by atoms with E-state index in [0.29, 0.717) is 11.1 Å². The monoisotopic (exact) mass is 240 g/mol. The van der Waals surface area contributed by atoms with E-state index >= 15 is 0 Å². The van der Waals surface area contributed by atoms with Gasteiger partial charge in [-0.25, -0.2) is 19.4 Å². The van der Waals surface area contributed by atoms with Crippen molar-refractivity contribution < 1.29 is 19.4 Å². The average molecular weight is 240 g/mol. The summed E-state index contributed by atoms with van der Waals surface area (Å²) in [4.78, 5) is 32.0. The van der Waals surface area contributed by atoms with Crippen molar-refractivity contribution in [3.8, 4) is 11.1 Å². The van der Waals surface area contributed by atoms with Crippen molar-refractivity contribution in [1.29, 1.82) is 0 Å². The van der Waals surface area contributed by atoms with E-state index in [4.69, 9.17) is 0 Å². The van der Waals surface area contributed by atoms with Gasteiger partial charge < -0.3 is 0 Å². The number of benzene rings is 2. The fraction of sp³-hybridized carbons (Fsp3) is 0. The zero-order valence-electron chi connectivity index (χ0n) is 9.25. The molecule has 0 atom stereocenters. The van der Waals surface area contributed by atoms with Crippen molar-refractivity contribution in [1.82, 2.24) is 0 Å². The third-order valence-electron chi connectivity index (χ3n) is 2.77. The molecule has 0 spiro atoms. The van der Waals surface area contributed by atoms with Gasteiger partial charge in [0.2, 0.25) is 0 Å². The molecule has 0 saturated carbocycles. The van der Waals surface area contributed by atoms with E-state index in [-0.39, 0.29) is 0 Å². The largest absolute Gasteiger partial charge is 0.386 e. The smallest absolute Gasteiger partial charge is 0.242 e. The van der Waals surface area contributed by atoms with E-state index in [9.17, 15) is 9.59 Å². The van der Waals surface area contributed by atoms with Gasteiger partial charge in [0.15, 0.2) is 0 Å². The van der Waals surface area contributed by atoms with Crippen LogP contribution in [-0.4, -0.2) is 11.9 Å². The molecule has 0 fully saturated rings. The first-order valence-electron chi connectivity index (χ1n) is 5.38. The van der Waals surface area contributed by atoms with Crippen LogP contribution in [0.15, 0.2) is 48.5 Å². The Morgan fingerprint density at radius 3 is 1.11 bits per heavy atom. The maximum absolute atomic E-state index is 11.5. The van der Waals surface area contributed by atoms with Gasteiger partial charge >= 0.3 is 11.9 Å². The lowest BCUT2D eigenvalue weighted by atomic mass is 10.0. The lowest BCUT2D eigenvalue weighted by Crippen LogP contribution is -2.12. The molecule has 0 N–H and O–H groups in total. The Kier molecular flexibility index (Phi) is 2.34. The molecule has 0 amide bonds. The van der Waals surface area contributed by atoms with E-state index in [2.05, 4.69) is 9.78 Å². The summed E-state index contributed by atoms with van der Waals surface area (Å²) >= 11 is 0. The SMILES string of the molecule is O=C1OOC(=O)c2ccc(cc2)-c2ccc1cc2. The van der Waals surface area contributed by atoms with Crippen LogP contribution in [0.4, 0.5) is 0 Å². The van der Waals surface area contributed by atoms with Crippen LogP contribution in [-0.2, 0) is 9.78 Å². The molecule has 4 bridgehead atoms. The Bertz CT molecular complexity index is 554. The van der Waals surface area contributed by atoms with E-state index in [1.54, 1.807) is 24.3 Å². The summed E-state index contributed by atoms with van der Waals surface area (Å²) in [6.45, 7) is 0. The first kappa shape index (κ1) is 10.5. The zero-order chi connectivity index (χ0) is 12.5. The second kappa shape index (κ2) is 4.00. The normalized spacial score (nSPS) is 13.6. The van der Waals surface area contributed by atoms with E-state index in [0.717, 1.165) is 11.1 Å². The summed E-state index contributed by atoms with van der Waals surface area (Å²) < 4.78 is 0. The van der Waals surface area contributed by atoms with Gasteiger partial charge in [0.05, 0.1) is 11.1 Å². The van der Waals surface area contributed by atoms with Gasteiger partial charge in [-0.1, -0.05) is 24.3 Å². The molecule has 0 unspecified atom stereocenters. The van der Waals surface area contributed by atoms with Crippen molar-refractivity contribution in [3.05, 3.63) is 59.7 Å². The molecule has 4 heteroatoms. The summed E-state index contributed by atoms with van der Waals surface area (Å²) in [6.07, 6.45) is 0. The standard InChI is InChI=1S/C14H8O4/c15-13-11-5-1-9(2-6-11)10-3-7-12(8-4-10)14(16)18-17-13/h1-8H. The molecular formula is C14H8O4. The highest BCUT2D eigenvalue weighted by molar-refractivity contribution is 5.93. The molecule has 0 saturated heterocycles. The van der Waals surface area contributed by atoms with Crippen LogP contribution in [0.25, 0.3) is 11.1 Å². The highest BCUT2D eigenvalue weighted by Gasteiger charge is 2.15. The lowest BCUT2D eigenvalue weighted by molar-refractivity contribution is -0.187. The Morgan fingerprint density at radius 1 is 0.500 bits per heavy atom. The van der Waals surface area contributed by atoms with Crippen molar-refractivity contribution in [2.75, 3.05) is 0 Å². The van der Waals surface area contributed by atoms with Crippen LogP contribution < -0.4 is 0 Å². The molecule has 6 rings (SSSR count). The molecule has 4 heterocycles. The third kappa shape index (κ3) is 1.73. The number of rotatable bonds is 0. The van der Waals surface area contributed by atoms with Crippen molar-refractivity contribution in [2.45, 2.75) is 0 Å². The first-order chi connectivity index (χ1) is 8.74. The minimum absolute atomic E-state index is 0.335. The Balaban J connectivity index is 2.16. The van der Waals surface area contributed by atoms with Crippen molar-refractivity contribution in [2.24, 2.45) is 0 Å². The number of hydrogen-bond donors (Lipinski definition) is 0. The van der Waals surface area contributed by atoms with E-state index in [1.165, 1.54) is 0 Å². The average Bonchev–Trinajstić information content (AvgIpc) is 2.43. The molecule has 4 aliphatic rings. The van der Waals surface area contributed by atoms with Crippen LogP contribution in [0.2, 0.25) is 0 Å². The van der Waals surface area contributed by atoms with Crippen molar-refractivity contribution >= 4 is 11.9 Å². The van der Waals surface area contributed by atoms with Crippen LogP contribution in [0.1, 0.15) is 20.7 Å². The summed E-state index contributed by atoms with van der Waals surface area (Å²) in [5.41, 5.74) is 2.60. The fourth-order valence-electron chi connectivity index (χ4n) is 1.77. The molecule has 18 heavy (non-hydrogen) atoms. The van der Waals surface area contributed by atoms with Crippen LogP contribution in [0.5, 0.6) is 0 Å². The second-order valence-corrected chi connectivity index (χ2v) is 3.90. The predicted molar refractivity (Wildman–Crippen MR) is 62.7 cm³/mol. The molecule has 88 valence electrons. The molecule has 4 nitrogen and oxygen atoms in total.